The number of carbonyl (C=O) groups excluding carboxylic acids is 1. The molecule has 5 heteroatoms. The Morgan fingerprint density at radius 1 is 0.893 bits per heavy atom. The molecule has 1 N–H and O–H groups in total. The van der Waals surface area contributed by atoms with Crippen LogP contribution in [-0.2, 0) is 0 Å². The van der Waals surface area contributed by atoms with Crippen LogP contribution in [0.3, 0.4) is 0 Å². The van der Waals surface area contributed by atoms with E-state index in [1.165, 1.54) is 24.0 Å². The zero-order valence-corrected chi connectivity index (χ0v) is 17.8. The fourth-order valence-corrected chi connectivity index (χ4v) is 4.68. The Bertz CT molecular complexity index is 766. The number of hydrogen-bond acceptors (Lipinski definition) is 2. The molecule has 4 rings (SSSR count). The molecular formula is C23H28BrN3O. The molecule has 0 radical (unpaired) electrons. The van der Waals surface area contributed by atoms with Gasteiger partial charge in [0.05, 0.1) is 6.04 Å². The zero-order valence-electron chi connectivity index (χ0n) is 16.2. The maximum Gasteiger partial charge on any atom is 0.317 e. The van der Waals surface area contributed by atoms with Gasteiger partial charge in [0, 0.05) is 36.7 Å². The normalized spacial score (nSPS) is 19.5. The number of piperazine rings is 1. The van der Waals surface area contributed by atoms with Crippen LogP contribution in [0.25, 0.3) is 0 Å². The van der Waals surface area contributed by atoms with Crippen molar-refractivity contribution in [3.8, 4) is 0 Å². The van der Waals surface area contributed by atoms with Crippen molar-refractivity contribution in [3.63, 3.8) is 0 Å². The first-order valence-corrected chi connectivity index (χ1v) is 11.1. The fourth-order valence-electron chi connectivity index (χ4n) is 4.41. The first kappa shape index (κ1) is 19.5. The van der Waals surface area contributed by atoms with Crippen LogP contribution in [0.15, 0.2) is 59.1 Å². The summed E-state index contributed by atoms with van der Waals surface area (Å²) in [5, 5.41) is 3.23. The van der Waals surface area contributed by atoms with Gasteiger partial charge in [-0.3, -0.25) is 4.90 Å². The number of benzene rings is 2. The molecule has 2 aromatic rings. The molecular weight excluding hydrogens is 414 g/mol. The van der Waals surface area contributed by atoms with E-state index < -0.39 is 0 Å². The first-order valence-electron chi connectivity index (χ1n) is 10.3. The van der Waals surface area contributed by atoms with Crippen molar-refractivity contribution >= 4 is 22.0 Å². The summed E-state index contributed by atoms with van der Waals surface area (Å²) in [5.41, 5.74) is 2.59. The summed E-state index contributed by atoms with van der Waals surface area (Å²) >= 11 is 3.54. The zero-order chi connectivity index (χ0) is 19.3. The molecule has 2 aromatic carbocycles. The quantitative estimate of drug-likeness (QED) is 0.738. The minimum Gasteiger partial charge on any atom is -0.335 e. The molecule has 2 amide bonds. The third-order valence-corrected chi connectivity index (χ3v) is 6.48. The molecule has 1 saturated carbocycles. The van der Waals surface area contributed by atoms with Crippen LogP contribution in [-0.4, -0.2) is 48.1 Å². The number of urea groups is 1. The smallest absolute Gasteiger partial charge is 0.317 e. The third kappa shape index (κ3) is 4.58. The molecule has 1 aliphatic carbocycles. The number of nitrogens with zero attached hydrogens (tertiary/aromatic N) is 2. The SMILES string of the molecule is O=C(NC1CCCC1)N1CCN(C(c2ccccc2)c2ccc(Br)cc2)CC1. The maximum atomic E-state index is 12.6. The highest BCUT2D eigenvalue weighted by Crippen LogP contribution is 2.30. The number of halogens is 1. The van der Waals surface area contributed by atoms with Crippen LogP contribution in [0.5, 0.6) is 0 Å². The lowest BCUT2D eigenvalue weighted by Crippen LogP contribution is -2.53. The highest BCUT2D eigenvalue weighted by molar-refractivity contribution is 9.10. The number of carbonyl (C=O) groups is 1. The van der Waals surface area contributed by atoms with Gasteiger partial charge in [0.15, 0.2) is 0 Å². The van der Waals surface area contributed by atoms with Crippen LogP contribution in [0.1, 0.15) is 42.9 Å². The Morgan fingerprint density at radius 3 is 2.14 bits per heavy atom. The van der Waals surface area contributed by atoms with E-state index in [2.05, 4.69) is 80.7 Å². The summed E-state index contributed by atoms with van der Waals surface area (Å²) in [4.78, 5) is 17.1. The van der Waals surface area contributed by atoms with E-state index in [4.69, 9.17) is 0 Å². The van der Waals surface area contributed by atoms with E-state index in [9.17, 15) is 4.79 Å². The maximum absolute atomic E-state index is 12.6. The highest BCUT2D eigenvalue weighted by atomic mass is 79.9. The lowest BCUT2D eigenvalue weighted by Gasteiger charge is -2.40. The molecule has 0 aromatic heterocycles. The molecule has 1 atom stereocenters. The van der Waals surface area contributed by atoms with Gasteiger partial charge >= 0.3 is 6.03 Å². The minimum absolute atomic E-state index is 0.117. The van der Waals surface area contributed by atoms with Gasteiger partial charge in [0.2, 0.25) is 0 Å². The lowest BCUT2D eigenvalue weighted by atomic mass is 9.96. The lowest BCUT2D eigenvalue weighted by molar-refractivity contribution is 0.119. The standard InChI is InChI=1S/C23H28BrN3O/c24-20-12-10-19(11-13-20)22(18-6-2-1-3-7-18)26-14-16-27(17-15-26)23(28)25-21-8-4-5-9-21/h1-3,6-7,10-13,21-22H,4-5,8-9,14-17H2,(H,25,28). The molecule has 148 valence electrons. The summed E-state index contributed by atoms with van der Waals surface area (Å²) in [5.74, 6) is 0. The van der Waals surface area contributed by atoms with Crippen LogP contribution in [0.2, 0.25) is 0 Å². The largest absolute Gasteiger partial charge is 0.335 e. The average Bonchev–Trinajstić information content (AvgIpc) is 3.24. The van der Waals surface area contributed by atoms with E-state index in [1.807, 2.05) is 4.90 Å². The van der Waals surface area contributed by atoms with Crippen molar-refractivity contribution < 1.29 is 4.79 Å². The Labute approximate surface area is 176 Å². The topological polar surface area (TPSA) is 35.6 Å². The van der Waals surface area contributed by atoms with Crippen molar-refractivity contribution in [1.29, 1.82) is 0 Å². The Balaban J connectivity index is 1.45. The van der Waals surface area contributed by atoms with Gasteiger partial charge in [-0.1, -0.05) is 71.2 Å². The van der Waals surface area contributed by atoms with Crippen LogP contribution >= 0.6 is 15.9 Å². The number of hydrogen-bond donors (Lipinski definition) is 1. The van der Waals surface area contributed by atoms with Crippen molar-refractivity contribution in [2.24, 2.45) is 0 Å². The highest BCUT2D eigenvalue weighted by Gasteiger charge is 2.29. The van der Waals surface area contributed by atoms with Crippen molar-refractivity contribution in [1.82, 2.24) is 15.1 Å². The second-order valence-corrected chi connectivity index (χ2v) is 8.73. The number of rotatable bonds is 4. The fraction of sp³-hybridized carbons (Fsp3) is 0.435. The Hall–Kier alpha value is -1.85. The van der Waals surface area contributed by atoms with E-state index in [-0.39, 0.29) is 12.1 Å². The van der Waals surface area contributed by atoms with Gasteiger partial charge in [0.1, 0.15) is 0 Å². The van der Waals surface area contributed by atoms with Gasteiger partial charge in [-0.15, -0.1) is 0 Å². The summed E-state index contributed by atoms with van der Waals surface area (Å²) in [6, 6.07) is 20.0. The number of nitrogens with one attached hydrogen (secondary N) is 1. The van der Waals surface area contributed by atoms with E-state index >= 15 is 0 Å². The summed E-state index contributed by atoms with van der Waals surface area (Å²) in [7, 11) is 0. The number of amides is 2. The van der Waals surface area contributed by atoms with Crippen molar-refractivity contribution in [3.05, 3.63) is 70.2 Å². The summed E-state index contributed by atoms with van der Waals surface area (Å²) < 4.78 is 1.09. The first-order chi connectivity index (χ1) is 13.7. The van der Waals surface area contributed by atoms with Crippen LogP contribution in [0.4, 0.5) is 4.79 Å². The third-order valence-electron chi connectivity index (χ3n) is 5.95. The van der Waals surface area contributed by atoms with Gasteiger partial charge in [0.25, 0.3) is 0 Å². The van der Waals surface area contributed by atoms with Gasteiger partial charge in [-0.25, -0.2) is 4.79 Å². The molecule has 2 fully saturated rings. The summed E-state index contributed by atoms with van der Waals surface area (Å²) in [6.45, 7) is 3.32. The van der Waals surface area contributed by atoms with Crippen molar-refractivity contribution in [2.75, 3.05) is 26.2 Å². The van der Waals surface area contributed by atoms with Gasteiger partial charge in [-0.2, -0.15) is 0 Å². The van der Waals surface area contributed by atoms with Crippen LogP contribution in [0, 0.1) is 0 Å². The predicted molar refractivity (Wildman–Crippen MR) is 116 cm³/mol. The van der Waals surface area contributed by atoms with Crippen LogP contribution < -0.4 is 5.32 Å². The molecule has 1 saturated heterocycles. The van der Waals surface area contributed by atoms with Gasteiger partial charge < -0.3 is 10.2 Å². The van der Waals surface area contributed by atoms with E-state index in [1.54, 1.807) is 0 Å². The van der Waals surface area contributed by atoms with Crippen molar-refractivity contribution in [2.45, 2.75) is 37.8 Å². The van der Waals surface area contributed by atoms with E-state index in [0.717, 1.165) is 43.5 Å². The molecule has 1 unspecified atom stereocenters. The summed E-state index contributed by atoms with van der Waals surface area (Å²) in [6.07, 6.45) is 4.74. The van der Waals surface area contributed by atoms with Gasteiger partial charge in [-0.05, 0) is 36.1 Å². The Morgan fingerprint density at radius 2 is 1.50 bits per heavy atom. The molecule has 1 aliphatic heterocycles. The molecule has 2 aliphatic rings. The second kappa shape index (κ2) is 9.10. The molecule has 28 heavy (non-hydrogen) atoms. The minimum atomic E-state index is 0.117. The molecule has 1 heterocycles. The molecule has 0 spiro atoms. The average molecular weight is 442 g/mol. The predicted octanol–water partition coefficient (Wildman–Crippen LogP) is 4.81. The molecule has 4 nitrogen and oxygen atoms in total. The monoisotopic (exact) mass is 441 g/mol. The van der Waals surface area contributed by atoms with E-state index in [0.29, 0.717) is 6.04 Å². The molecule has 0 bridgehead atoms. The Kier molecular flexibility index (Phi) is 6.33. The second-order valence-electron chi connectivity index (χ2n) is 7.82.